The van der Waals surface area contributed by atoms with Gasteiger partial charge in [0.25, 0.3) is 0 Å². The summed E-state index contributed by atoms with van der Waals surface area (Å²) in [4.78, 5) is 10.8. The van der Waals surface area contributed by atoms with Gasteiger partial charge in [0.05, 0.1) is 0 Å². The van der Waals surface area contributed by atoms with E-state index < -0.39 is 5.97 Å². The zero-order valence-electron chi connectivity index (χ0n) is 11.0. The number of aryl methyl sites for hydroxylation is 1. The molecule has 2 aromatic heterocycles. The third kappa shape index (κ3) is 2.30. The number of rotatable bonds is 4. The maximum absolute atomic E-state index is 10.8. The molecule has 0 radical (unpaired) electrons. The number of carbonyl (C=O) groups excluding carboxylic acids is 1. The van der Waals surface area contributed by atoms with Gasteiger partial charge in [0.15, 0.2) is 0 Å². The first-order valence-corrected chi connectivity index (χ1v) is 6.60. The second-order valence-electron chi connectivity index (χ2n) is 4.74. The van der Waals surface area contributed by atoms with Gasteiger partial charge in [0, 0.05) is 28.9 Å². The van der Waals surface area contributed by atoms with Gasteiger partial charge in [0.2, 0.25) is 0 Å². The molecule has 0 amide bonds. The molecule has 0 bridgehead atoms. The third-order valence-corrected chi connectivity index (χ3v) is 3.44. The molecule has 0 aliphatic rings. The number of aromatic nitrogens is 1. The van der Waals surface area contributed by atoms with Gasteiger partial charge in [-0.25, -0.2) is 0 Å². The molecular formula is C17H14NO2-. The summed E-state index contributed by atoms with van der Waals surface area (Å²) >= 11 is 0. The molecule has 0 saturated carbocycles. The molecule has 0 fully saturated rings. The van der Waals surface area contributed by atoms with E-state index in [0.717, 1.165) is 22.3 Å². The molecule has 0 N–H and O–H groups in total. The molecule has 0 atom stereocenters. The van der Waals surface area contributed by atoms with E-state index in [1.54, 1.807) is 0 Å². The van der Waals surface area contributed by atoms with Crippen molar-refractivity contribution >= 4 is 11.5 Å². The summed E-state index contributed by atoms with van der Waals surface area (Å²) in [7, 11) is 0. The molecule has 0 aliphatic carbocycles. The van der Waals surface area contributed by atoms with E-state index in [4.69, 9.17) is 0 Å². The zero-order valence-corrected chi connectivity index (χ0v) is 11.0. The predicted octanol–water partition coefficient (Wildman–Crippen LogP) is 2.29. The van der Waals surface area contributed by atoms with Crippen molar-refractivity contribution in [3.05, 3.63) is 66.5 Å². The Kier molecular flexibility index (Phi) is 3.25. The first-order valence-electron chi connectivity index (χ1n) is 6.60. The Morgan fingerprint density at radius 1 is 1.05 bits per heavy atom. The van der Waals surface area contributed by atoms with Crippen molar-refractivity contribution in [1.82, 2.24) is 4.40 Å². The Bertz CT molecular complexity index is 744. The minimum Gasteiger partial charge on any atom is -0.550 e. The summed E-state index contributed by atoms with van der Waals surface area (Å²) in [5, 5.41) is 10.8. The predicted molar refractivity (Wildman–Crippen MR) is 76.2 cm³/mol. The van der Waals surface area contributed by atoms with Crippen molar-refractivity contribution < 1.29 is 9.90 Å². The Morgan fingerprint density at radius 3 is 2.55 bits per heavy atom. The molecule has 0 saturated heterocycles. The zero-order chi connectivity index (χ0) is 13.9. The highest BCUT2D eigenvalue weighted by molar-refractivity contribution is 5.74. The minimum absolute atomic E-state index is 0.0286. The minimum atomic E-state index is -1.02. The summed E-state index contributed by atoms with van der Waals surface area (Å²) in [6, 6.07) is 18.1. The van der Waals surface area contributed by atoms with Gasteiger partial charge in [-0.1, -0.05) is 36.4 Å². The second kappa shape index (κ2) is 5.21. The fraction of sp³-hybridized carbons (Fsp3) is 0.118. The highest BCUT2D eigenvalue weighted by Gasteiger charge is 2.11. The molecule has 3 nitrogen and oxygen atoms in total. The van der Waals surface area contributed by atoms with Crippen LogP contribution in [0.5, 0.6) is 0 Å². The normalized spacial score (nSPS) is 10.8. The molecule has 1 aromatic carbocycles. The highest BCUT2D eigenvalue weighted by atomic mass is 16.4. The van der Waals surface area contributed by atoms with Gasteiger partial charge in [-0.3, -0.25) is 0 Å². The smallest absolute Gasteiger partial charge is 0.0459 e. The highest BCUT2D eigenvalue weighted by Crippen LogP contribution is 2.28. The molecule has 0 spiro atoms. The van der Waals surface area contributed by atoms with Crippen LogP contribution in [-0.2, 0) is 11.2 Å². The number of aliphatic carboxylic acids is 1. The van der Waals surface area contributed by atoms with Crippen molar-refractivity contribution in [2.75, 3.05) is 0 Å². The summed E-state index contributed by atoms with van der Waals surface area (Å²) in [5.74, 6) is -1.02. The number of carbonyl (C=O) groups is 1. The molecule has 0 aliphatic heterocycles. The van der Waals surface area contributed by atoms with Crippen LogP contribution in [0.4, 0.5) is 0 Å². The van der Waals surface area contributed by atoms with Crippen molar-refractivity contribution in [3.8, 4) is 11.1 Å². The molecule has 0 unspecified atom stereocenters. The van der Waals surface area contributed by atoms with Crippen LogP contribution in [-0.4, -0.2) is 10.4 Å². The van der Waals surface area contributed by atoms with Crippen LogP contribution in [0.3, 0.4) is 0 Å². The lowest BCUT2D eigenvalue weighted by molar-refractivity contribution is -0.305. The topological polar surface area (TPSA) is 44.5 Å². The molecule has 2 heterocycles. The van der Waals surface area contributed by atoms with Crippen molar-refractivity contribution in [3.63, 3.8) is 0 Å². The Balaban J connectivity index is 2.15. The standard InChI is InChI=1S/C17H15NO2/c19-17(20)10-9-16-15(13-6-2-1-3-7-13)12-14-8-4-5-11-18(14)16/h1-8,11-12H,9-10H2,(H,19,20)/p-1. The quantitative estimate of drug-likeness (QED) is 0.725. The van der Waals surface area contributed by atoms with E-state index >= 15 is 0 Å². The van der Waals surface area contributed by atoms with Gasteiger partial charge < -0.3 is 14.3 Å². The summed E-state index contributed by atoms with van der Waals surface area (Å²) in [6.45, 7) is 0. The van der Waals surface area contributed by atoms with Crippen LogP contribution in [0.2, 0.25) is 0 Å². The fourth-order valence-electron chi connectivity index (χ4n) is 2.52. The van der Waals surface area contributed by atoms with Crippen LogP contribution < -0.4 is 5.11 Å². The van der Waals surface area contributed by atoms with Crippen molar-refractivity contribution in [1.29, 1.82) is 0 Å². The van der Waals surface area contributed by atoms with Crippen LogP contribution >= 0.6 is 0 Å². The van der Waals surface area contributed by atoms with Crippen LogP contribution in [0.1, 0.15) is 12.1 Å². The SMILES string of the molecule is O=C([O-])CCc1c(-c2ccccc2)cc2ccccn12. The van der Waals surface area contributed by atoms with E-state index in [-0.39, 0.29) is 6.42 Å². The van der Waals surface area contributed by atoms with Crippen LogP contribution in [0.25, 0.3) is 16.6 Å². The van der Waals surface area contributed by atoms with E-state index in [1.807, 2.05) is 59.1 Å². The summed E-state index contributed by atoms with van der Waals surface area (Å²) in [6.07, 6.45) is 2.46. The van der Waals surface area contributed by atoms with Gasteiger partial charge >= 0.3 is 0 Å². The number of carboxylic acid groups (broad SMARTS) is 1. The Hall–Kier alpha value is -2.55. The summed E-state index contributed by atoms with van der Waals surface area (Å²) < 4.78 is 2.05. The largest absolute Gasteiger partial charge is 0.550 e. The molecule has 3 rings (SSSR count). The average Bonchev–Trinajstić information content (AvgIpc) is 2.84. The van der Waals surface area contributed by atoms with Crippen molar-refractivity contribution in [2.45, 2.75) is 12.8 Å². The Labute approximate surface area is 117 Å². The number of benzene rings is 1. The summed E-state index contributed by atoms with van der Waals surface area (Å²) in [5.41, 5.74) is 4.26. The van der Waals surface area contributed by atoms with E-state index in [9.17, 15) is 9.90 Å². The van der Waals surface area contributed by atoms with Crippen LogP contribution in [0.15, 0.2) is 60.8 Å². The van der Waals surface area contributed by atoms with Gasteiger partial charge in [-0.15, -0.1) is 0 Å². The van der Waals surface area contributed by atoms with E-state index in [2.05, 4.69) is 6.07 Å². The van der Waals surface area contributed by atoms with E-state index in [0.29, 0.717) is 6.42 Å². The number of carboxylic acids is 1. The molecular weight excluding hydrogens is 250 g/mol. The maximum atomic E-state index is 10.8. The number of pyridine rings is 1. The number of hydrogen-bond donors (Lipinski definition) is 0. The molecule has 3 aromatic rings. The molecule has 20 heavy (non-hydrogen) atoms. The van der Waals surface area contributed by atoms with Crippen LogP contribution in [0, 0.1) is 0 Å². The fourth-order valence-corrected chi connectivity index (χ4v) is 2.52. The Morgan fingerprint density at radius 2 is 1.80 bits per heavy atom. The van der Waals surface area contributed by atoms with Gasteiger partial charge in [0.1, 0.15) is 0 Å². The first-order chi connectivity index (χ1) is 9.75. The number of fused-ring (bicyclic) bond motifs is 1. The van der Waals surface area contributed by atoms with Gasteiger partial charge in [-0.05, 0) is 36.6 Å². The monoisotopic (exact) mass is 264 g/mol. The first kappa shape index (κ1) is 12.5. The molecule has 100 valence electrons. The molecule has 3 heteroatoms. The maximum Gasteiger partial charge on any atom is 0.0459 e. The number of hydrogen-bond acceptors (Lipinski definition) is 2. The number of nitrogens with zero attached hydrogens (tertiary/aromatic N) is 1. The van der Waals surface area contributed by atoms with Gasteiger partial charge in [-0.2, -0.15) is 0 Å². The van der Waals surface area contributed by atoms with E-state index in [1.165, 1.54) is 0 Å². The average molecular weight is 264 g/mol. The lowest BCUT2D eigenvalue weighted by Crippen LogP contribution is -2.22. The second-order valence-corrected chi connectivity index (χ2v) is 4.74. The lowest BCUT2D eigenvalue weighted by Gasteiger charge is -2.07. The lowest BCUT2D eigenvalue weighted by atomic mass is 10.0. The van der Waals surface area contributed by atoms with Crippen molar-refractivity contribution in [2.24, 2.45) is 0 Å². The third-order valence-electron chi connectivity index (χ3n) is 3.44.